The van der Waals surface area contributed by atoms with Crippen LogP contribution in [0, 0.1) is 6.92 Å². The summed E-state index contributed by atoms with van der Waals surface area (Å²) >= 11 is 11.7. The van der Waals surface area contributed by atoms with E-state index in [2.05, 4.69) is 10.6 Å². The molecule has 2 N–H and O–H groups in total. The molecule has 0 saturated carbocycles. The van der Waals surface area contributed by atoms with Gasteiger partial charge in [-0.25, -0.2) is 0 Å². The van der Waals surface area contributed by atoms with Crippen molar-refractivity contribution in [3.63, 3.8) is 0 Å². The van der Waals surface area contributed by atoms with Gasteiger partial charge in [-0.15, -0.1) is 0 Å². The maximum absolute atomic E-state index is 12.1. The van der Waals surface area contributed by atoms with Gasteiger partial charge in [0.2, 0.25) is 11.8 Å². The highest BCUT2D eigenvalue weighted by atomic mass is 35.5. The summed E-state index contributed by atoms with van der Waals surface area (Å²) in [6.45, 7) is 1.58. The molecule has 142 valence electrons. The van der Waals surface area contributed by atoms with E-state index in [0.717, 1.165) is 5.56 Å². The van der Waals surface area contributed by atoms with Crippen molar-refractivity contribution in [2.24, 2.45) is 0 Å². The average molecular weight is 408 g/mol. The number of aryl methyl sites for hydroxylation is 1. The van der Waals surface area contributed by atoms with Gasteiger partial charge in [0.05, 0.1) is 23.1 Å². The molecule has 0 radical (unpaired) electrons. The first-order chi connectivity index (χ1) is 12.8. The minimum atomic E-state index is -0.459. The van der Waals surface area contributed by atoms with Gasteiger partial charge in [0.1, 0.15) is 0 Å². The second-order valence-corrected chi connectivity index (χ2v) is 6.79. The van der Waals surface area contributed by atoms with Crippen LogP contribution in [0.25, 0.3) is 0 Å². The SMILES string of the molecule is Cc1ccc(NC(=O)CN(C)C(=O)CNC(=O)c2ccc(Cl)c(Cl)c2)cc1. The molecule has 0 aliphatic rings. The molecule has 0 aliphatic heterocycles. The second-order valence-electron chi connectivity index (χ2n) is 5.98. The minimum Gasteiger partial charge on any atom is -0.343 e. The molecule has 2 rings (SSSR count). The highest BCUT2D eigenvalue weighted by Crippen LogP contribution is 2.22. The van der Waals surface area contributed by atoms with E-state index in [1.807, 2.05) is 19.1 Å². The topological polar surface area (TPSA) is 78.5 Å². The number of nitrogens with zero attached hydrogens (tertiary/aromatic N) is 1. The molecular formula is C19H19Cl2N3O3. The van der Waals surface area contributed by atoms with Crippen LogP contribution in [0.5, 0.6) is 0 Å². The van der Waals surface area contributed by atoms with Crippen molar-refractivity contribution in [1.29, 1.82) is 0 Å². The maximum atomic E-state index is 12.1. The Balaban J connectivity index is 1.82. The molecule has 0 saturated heterocycles. The van der Waals surface area contributed by atoms with Crippen LogP contribution in [-0.2, 0) is 9.59 Å². The van der Waals surface area contributed by atoms with Crippen molar-refractivity contribution < 1.29 is 14.4 Å². The van der Waals surface area contributed by atoms with Crippen LogP contribution in [0.1, 0.15) is 15.9 Å². The van der Waals surface area contributed by atoms with Gasteiger partial charge in [-0.1, -0.05) is 40.9 Å². The number of hydrogen-bond donors (Lipinski definition) is 2. The van der Waals surface area contributed by atoms with E-state index in [4.69, 9.17) is 23.2 Å². The number of likely N-dealkylation sites (N-methyl/N-ethyl adjacent to an activating group) is 1. The van der Waals surface area contributed by atoms with Gasteiger partial charge in [-0.3, -0.25) is 14.4 Å². The molecule has 0 unspecified atom stereocenters. The van der Waals surface area contributed by atoms with Crippen LogP contribution < -0.4 is 10.6 Å². The standard InChI is InChI=1S/C19H19Cl2N3O3/c1-12-3-6-14(7-4-12)23-17(25)11-24(2)18(26)10-22-19(27)13-5-8-15(20)16(21)9-13/h3-9H,10-11H2,1-2H3,(H,22,27)(H,23,25). The summed E-state index contributed by atoms with van der Waals surface area (Å²) in [5.74, 6) is -1.19. The van der Waals surface area contributed by atoms with Gasteiger partial charge in [0.25, 0.3) is 5.91 Å². The number of amides is 3. The Morgan fingerprint density at radius 1 is 1.00 bits per heavy atom. The summed E-state index contributed by atoms with van der Waals surface area (Å²) in [6, 6.07) is 11.8. The van der Waals surface area contributed by atoms with Crippen molar-refractivity contribution >= 4 is 46.6 Å². The molecule has 0 aromatic heterocycles. The fourth-order valence-electron chi connectivity index (χ4n) is 2.17. The third kappa shape index (κ3) is 6.27. The smallest absolute Gasteiger partial charge is 0.251 e. The Morgan fingerprint density at radius 3 is 2.30 bits per heavy atom. The molecule has 0 fully saturated rings. The van der Waals surface area contributed by atoms with Gasteiger partial charge >= 0.3 is 0 Å². The first-order valence-corrected chi connectivity index (χ1v) is 8.85. The molecule has 0 atom stereocenters. The summed E-state index contributed by atoms with van der Waals surface area (Å²) in [4.78, 5) is 37.4. The monoisotopic (exact) mass is 407 g/mol. The van der Waals surface area contributed by atoms with E-state index in [0.29, 0.717) is 10.7 Å². The number of benzene rings is 2. The normalized spacial score (nSPS) is 10.2. The number of carbonyl (C=O) groups is 3. The molecule has 0 heterocycles. The van der Waals surface area contributed by atoms with Crippen LogP contribution in [0.15, 0.2) is 42.5 Å². The summed E-state index contributed by atoms with van der Waals surface area (Å²) in [6.07, 6.45) is 0. The maximum Gasteiger partial charge on any atom is 0.251 e. The lowest BCUT2D eigenvalue weighted by atomic mass is 10.2. The van der Waals surface area contributed by atoms with Crippen LogP contribution in [0.2, 0.25) is 10.0 Å². The van der Waals surface area contributed by atoms with Crippen molar-refractivity contribution in [3.8, 4) is 0 Å². The molecule has 2 aromatic rings. The number of nitrogens with one attached hydrogen (secondary N) is 2. The van der Waals surface area contributed by atoms with Gasteiger partial charge in [-0.05, 0) is 37.3 Å². The third-order valence-electron chi connectivity index (χ3n) is 3.72. The lowest BCUT2D eigenvalue weighted by Crippen LogP contribution is -2.41. The highest BCUT2D eigenvalue weighted by Gasteiger charge is 2.15. The number of halogens is 2. The number of anilines is 1. The first-order valence-electron chi connectivity index (χ1n) is 8.10. The molecule has 0 bridgehead atoms. The van der Waals surface area contributed by atoms with Gasteiger partial charge in [0.15, 0.2) is 0 Å². The van der Waals surface area contributed by atoms with Gasteiger partial charge in [-0.2, -0.15) is 0 Å². The van der Waals surface area contributed by atoms with Crippen molar-refractivity contribution in [3.05, 3.63) is 63.6 Å². The Labute approximate surface area is 167 Å². The molecule has 0 aliphatic carbocycles. The van der Waals surface area contributed by atoms with E-state index >= 15 is 0 Å². The Kier molecular flexibility index (Phi) is 7.21. The summed E-state index contributed by atoms with van der Waals surface area (Å²) in [7, 11) is 1.49. The lowest BCUT2D eigenvalue weighted by Gasteiger charge is -2.17. The van der Waals surface area contributed by atoms with Crippen LogP contribution in [0.3, 0.4) is 0 Å². The molecule has 27 heavy (non-hydrogen) atoms. The van der Waals surface area contributed by atoms with Crippen molar-refractivity contribution in [1.82, 2.24) is 10.2 Å². The largest absolute Gasteiger partial charge is 0.343 e. The van der Waals surface area contributed by atoms with E-state index in [1.165, 1.54) is 30.1 Å². The first kappa shape index (κ1) is 20.7. The predicted molar refractivity (Wildman–Crippen MR) is 106 cm³/mol. The molecule has 2 aromatic carbocycles. The minimum absolute atomic E-state index is 0.130. The average Bonchev–Trinajstić information content (AvgIpc) is 2.63. The van der Waals surface area contributed by atoms with Crippen LogP contribution in [-0.4, -0.2) is 42.8 Å². The summed E-state index contributed by atoms with van der Waals surface area (Å²) in [5, 5.41) is 5.79. The number of carbonyl (C=O) groups excluding carboxylic acids is 3. The Bertz CT molecular complexity index is 854. The zero-order valence-electron chi connectivity index (χ0n) is 14.9. The molecule has 6 nitrogen and oxygen atoms in total. The quantitative estimate of drug-likeness (QED) is 0.771. The zero-order chi connectivity index (χ0) is 20.0. The van der Waals surface area contributed by atoms with Crippen LogP contribution in [0.4, 0.5) is 5.69 Å². The molecule has 8 heteroatoms. The summed E-state index contributed by atoms with van der Waals surface area (Å²) in [5.41, 5.74) is 2.02. The number of hydrogen-bond acceptors (Lipinski definition) is 3. The summed E-state index contributed by atoms with van der Waals surface area (Å²) < 4.78 is 0. The van der Waals surface area contributed by atoms with E-state index in [1.54, 1.807) is 12.1 Å². The predicted octanol–water partition coefficient (Wildman–Crippen LogP) is 3.13. The Hall–Kier alpha value is -2.57. The zero-order valence-corrected chi connectivity index (χ0v) is 16.4. The second kappa shape index (κ2) is 9.39. The van der Waals surface area contributed by atoms with E-state index in [9.17, 15) is 14.4 Å². The Morgan fingerprint density at radius 2 is 1.67 bits per heavy atom. The lowest BCUT2D eigenvalue weighted by molar-refractivity contribution is -0.132. The number of rotatable bonds is 6. The molecule has 3 amide bonds. The van der Waals surface area contributed by atoms with Crippen LogP contribution >= 0.6 is 23.2 Å². The fraction of sp³-hybridized carbons (Fsp3) is 0.211. The van der Waals surface area contributed by atoms with Gasteiger partial charge < -0.3 is 15.5 Å². The van der Waals surface area contributed by atoms with Gasteiger partial charge in [0, 0.05) is 18.3 Å². The molecular weight excluding hydrogens is 389 g/mol. The van der Waals surface area contributed by atoms with E-state index < -0.39 is 11.8 Å². The third-order valence-corrected chi connectivity index (χ3v) is 4.46. The highest BCUT2D eigenvalue weighted by molar-refractivity contribution is 6.42. The molecule has 0 spiro atoms. The fourth-order valence-corrected chi connectivity index (χ4v) is 2.47. The van der Waals surface area contributed by atoms with Crippen molar-refractivity contribution in [2.75, 3.05) is 25.5 Å². The van der Waals surface area contributed by atoms with Crippen molar-refractivity contribution in [2.45, 2.75) is 6.92 Å². The van der Waals surface area contributed by atoms with E-state index in [-0.39, 0.29) is 29.6 Å².